The number of ether oxygens (including phenoxy) is 1. The minimum absolute atomic E-state index is 0.0556. The van der Waals surface area contributed by atoms with Crippen LogP contribution in [0.25, 0.3) is 6.08 Å². The number of carboxylic acid groups (broad SMARTS) is 1. The molecule has 0 atom stereocenters. The second-order valence-electron chi connectivity index (χ2n) is 4.85. The van der Waals surface area contributed by atoms with Crippen molar-refractivity contribution in [2.75, 3.05) is 6.61 Å². The Morgan fingerprint density at radius 2 is 2.22 bits per heavy atom. The number of allylic oxidation sites excluding steroid dienone is 1. The van der Waals surface area contributed by atoms with Crippen LogP contribution in [0.1, 0.15) is 29.3 Å². The molecule has 2 rings (SSSR count). The van der Waals surface area contributed by atoms with Gasteiger partial charge in [0.25, 0.3) is 0 Å². The highest BCUT2D eigenvalue weighted by molar-refractivity contribution is 6.06. The molecular formula is C17H18N2O4. The van der Waals surface area contributed by atoms with Crippen molar-refractivity contribution in [1.82, 2.24) is 9.78 Å². The van der Waals surface area contributed by atoms with Crippen molar-refractivity contribution in [2.45, 2.75) is 19.9 Å². The molecule has 0 aliphatic carbocycles. The number of carboxylic acids is 1. The number of aromatic nitrogens is 2. The molecule has 120 valence electrons. The van der Waals surface area contributed by atoms with Gasteiger partial charge >= 0.3 is 5.97 Å². The van der Waals surface area contributed by atoms with Gasteiger partial charge in [-0.05, 0) is 30.7 Å². The molecule has 0 aliphatic rings. The Morgan fingerprint density at radius 3 is 2.91 bits per heavy atom. The molecule has 0 amide bonds. The highest BCUT2D eigenvalue weighted by Crippen LogP contribution is 2.15. The van der Waals surface area contributed by atoms with E-state index in [-0.39, 0.29) is 18.8 Å². The van der Waals surface area contributed by atoms with E-state index in [1.807, 2.05) is 13.0 Å². The first-order chi connectivity index (χ1) is 11.1. The lowest BCUT2D eigenvalue weighted by Crippen LogP contribution is -2.04. The molecule has 0 saturated carbocycles. The van der Waals surface area contributed by atoms with Crippen molar-refractivity contribution in [2.24, 2.45) is 0 Å². The number of hydrogen-bond acceptors (Lipinski definition) is 4. The molecule has 23 heavy (non-hydrogen) atoms. The molecule has 1 aromatic heterocycles. The molecule has 0 saturated heterocycles. The van der Waals surface area contributed by atoms with Gasteiger partial charge in [0, 0.05) is 12.7 Å². The lowest BCUT2D eigenvalue weighted by Gasteiger charge is -2.04. The Bertz CT molecular complexity index is 719. The molecule has 1 N–H and O–H groups in total. The molecule has 1 aromatic carbocycles. The van der Waals surface area contributed by atoms with Gasteiger partial charge in [0.15, 0.2) is 5.78 Å². The van der Waals surface area contributed by atoms with Gasteiger partial charge in [0.1, 0.15) is 5.75 Å². The maximum Gasteiger partial charge on any atom is 0.306 e. The topological polar surface area (TPSA) is 81.4 Å². The number of hydrogen-bond donors (Lipinski definition) is 1. The average molecular weight is 314 g/mol. The maximum absolute atomic E-state index is 12.0. The number of rotatable bonds is 8. The Labute approximate surface area is 134 Å². The van der Waals surface area contributed by atoms with Crippen molar-refractivity contribution >= 4 is 17.8 Å². The van der Waals surface area contributed by atoms with Crippen LogP contribution >= 0.6 is 0 Å². The van der Waals surface area contributed by atoms with Crippen molar-refractivity contribution in [3.63, 3.8) is 0 Å². The number of aliphatic carboxylic acids is 1. The zero-order chi connectivity index (χ0) is 16.7. The summed E-state index contributed by atoms with van der Waals surface area (Å²) in [5.74, 6) is -0.458. The fraction of sp³-hybridized carbons (Fsp3) is 0.235. The second-order valence-corrected chi connectivity index (χ2v) is 4.85. The average Bonchev–Trinajstić information content (AvgIpc) is 3.02. The second kappa shape index (κ2) is 7.93. The normalized spacial score (nSPS) is 10.8. The molecule has 0 bridgehead atoms. The van der Waals surface area contributed by atoms with Crippen LogP contribution in [-0.2, 0) is 11.3 Å². The predicted octanol–water partition coefficient (Wildman–Crippen LogP) is 2.65. The van der Waals surface area contributed by atoms with Crippen molar-refractivity contribution in [3.8, 4) is 5.75 Å². The van der Waals surface area contributed by atoms with Crippen molar-refractivity contribution in [3.05, 3.63) is 53.9 Å². The fourth-order valence-corrected chi connectivity index (χ4v) is 1.90. The third-order valence-electron chi connectivity index (χ3n) is 3.11. The minimum Gasteiger partial charge on any atom is -0.493 e. The van der Waals surface area contributed by atoms with Crippen LogP contribution in [-0.4, -0.2) is 33.2 Å². The number of carbonyl (C=O) groups is 2. The van der Waals surface area contributed by atoms with Crippen LogP contribution in [0.5, 0.6) is 5.75 Å². The highest BCUT2D eigenvalue weighted by atomic mass is 16.5. The van der Waals surface area contributed by atoms with Gasteiger partial charge in [0.2, 0.25) is 0 Å². The number of aryl methyl sites for hydroxylation is 1. The van der Waals surface area contributed by atoms with Gasteiger partial charge in [-0.25, -0.2) is 0 Å². The molecule has 0 fully saturated rings. The molecular weight excluding hydrogens is 296 g/mol. The maximum atomic E-state index is 12.0. The minimum atomic E-state index is -0.903. The largest absolute Gasteiger partial charge is 0.493 e. The van der Waals surface area contributed by atoms with Gasteiger partial charge in [0.05, 0.1) is 24.8 Å². The fourth-order valence-electron chi connectivity index (χ4n) is 1.90. The van der Waals surface area contributed by atoms with E-state index in [0.29, 0.717) is 17.9 Å². The first-order valence-electron chi connectivity index (χ1n) is 7.28. The Hall–Kier alpha value is -2.89. The van der Waals surface area contributed by atoms with E-state index in [1.165, 1.54) is 6.08 Å². The van der Waals surface area contributed by atoms with Crippen LogP contribution in [0, 0.1) is 0 Å². The third-order valence-corrected chi connectivity index (χ3v) is 3.11. The van der Waals surface area contributed by atoms with Gasteiger partial charge in [-0.1, -0.05) is 18.2 Å². The number of carbonyl (C=O) groups excluding carboxylic acids is 1. The molecule has 6 heteroatoms. The van der Waals surface area contributed by atoms with Crippen LogP contribution in [0.3, 0.4) is 0 Å². The number of nitrogens with zero attached hydrogens (tertiary/aromatic N) is 2. The molecule has 0 aliphatic heterocycles. The summed E-state index contributed by atoms with van der Waals surface area (Å²) in [6.45, 7) is 2.78. The summed E-state index contributed by atoms with van der Waals surface area (Å²) in [6.07, 6.45) is 6.36. The van der Waals surface area contributed by atoms with E-state index in [1.54, 1.807) is 41.4 Å². The Balaban J connectivity index is 1.98. The SMILES string of the molecule is CCn1cc(C(=O)/C=C\c2cccc(OCCC(=O)O)c2)cn1. The molecule has 2 aromatic rings. The van der Waals surface area contributed by atoms with E-state index < -0.39 is 5.97 Å². The first kappa shape index (κ1) is 16.5. The van der Waals surface area contributed by atoms with Gasteiger partial charge in [-0.3, -0.25) is 14.3 Å². The lowest BCUT2D eigenvalue weighted by molar-refractivity contribution is -0.137. The predicted molar refractivity (Wildman–Crippen MR) is 85.5 cm³/mol. The van der Waals surface area contributed by atoms with E-state index in [4.69, 9.17) is 9.84 Å². The van der Waals surface area contributed by atoms with E-state index in [2.05, 4.69) is 5.10 Å². The van der Waals surface area contributed by atoms with Crippen LogP contribution < -0.4 is 4.74 Å². The summed E-state index contributed by atoms with van der Waals surface area (Å²) in [6, 6.07) is 7.12. The van der Waals surface area contributed by atoms with E-state index in [0.717, 1.165) is 5.56 Å². The summed E-state index contributed by atoms with van der Waals surface area (Å²) in [7, 11) is 0. The molecule has 6 nitrogen and oxygen atoms in total. The van der Waals surface area contributed by atoms with Gasteiger partial charge in [-0.2, -0.15) is 5.10 Å². The summed E-state index contributed by atoms with van der Waals surface area (Å²) < 4.78 is 7.05. The zero-order valence-electron chi connectivity index (χ0n) is 12.8. The Morgan fingerprint density at radius 1 is 1.39 bits per heavy atom. The van der Waals surface area contributed by atoms with Crippen molar-refractivity contribution < 1.29 is 19.4 Å². The molecule has 0 unspecified atom stereocenters. The van der Waals surface area contributed by atoms with Crippen LogP contribution in [0.15, 0.2) is 42.7 Å². The molecule has 1 heterocycles. The summed E-state index contributed by atoms with van der Waals surface area (Å²) in [4.78, 5) is 22.5. The molecule has 0 spiro atoms. The third kappa shape index (κ3) is 5.10. The highest BCUT2D eigenvalue weighted by Gasteiger charge is 2.05. The van der Waals surface area contributed by atoms with E-state index >= 15 is 0 Å². The first-order valence-corrected chi connectivity index (χ1v) is 7.28. The van der Waals surface area contributed by atoms with Crippen LogP contribution in [0.4, 0.5) is 0 Å². The standard InChI is InChI=1S/C17H18N2O4/c1-2-19-12-14(11-18-19)16(20)7-6-13-4-3-5-15(10-13)23-9-8-17(21)22/h3-7,10-12H,2,8-9H2,1H3,(H,21,22)/b7-6-. The molecule has 0 radical (unpaired) electrons. The van der Waals surface area contributed by atoms with E-state index in [9.17, 15) is 9.59 Å². The van der Waals surface area contributed by atoms with Crippen LogP contribution in [0.2, 0.25) is 0 Å². The monoisotopic (exact) mass is 314 g/mol. The Kier molecular flexibility index (Phi) is 5.68. The zero-order valence-corrected chi connectivity index (χ0v) is 12.8. The lowest BCUT2D eigenvalue weighted by atomic mass is 10.1. The smallest absolute Gasteiger partial charge is 0.306 e. The summed E-state index contributed by atoms with van der Waals surface area (Å²) in [5, 5.41) is 12.7. The van der Waals surface area contributed by atoms with Gasteiger partial charge < -0.3 is 9.84 Å². The van der Waals surface area contributed by atoms with Crippen molar-refractivity contribution in [1.29, 1.82) is 0 Å². The number of benzene rings is 1. The summed E-state index contributed by atoms with van der Waals surface area (Å²) >= 11 is 0. The number of ketones is 1. The quantitative estimate of drug-likeness (QED) is 0.598. The summed E-state index contributed by atoms with van der Waals surface area (Å²) in [5.41, 5.74) is 1.34. The van der Waals surface area contributed by atoms with Gasteiger partial charge in [-0.15, -0.1) is 0 Å².